The second kappa shape index (κ2) is 5.41. The summed E-state index contributed by atoms with van der Waals surface area (Å²) >= 11 is 0. The third kappa shape index (κ3) is 2.86. The van der Waals surface area contributed by atoms with E-state index in [1.807, 2.05) is 42.2 Å². The van der Waals surface area contributed by atoms with Crippen molar-refractivity contribution in [2.75, 3.05) is 6.54 Å². The topological polar surface area (TPSA) is 51.0 Å². The monoisotopic (exact) mass is 338 g/mol. The summed E-state index contributed by atoms with van der Waals surface area (Å²) in [6, 6.07) is 10.2. The van der Waals surface area contributed by atoms with Crippen LogP contribution in [0.5, 0.6) is 0 Å². The number of rotatable bonds is 2. The van der Waals surface area contributed by atoms with Crippen LogP contribution >= 0.6 is 0 Å². The molecule has 1 aliphatic carbocycles. The molecule has 4 rings (SSSR count). The third-order valence-electron chi connectivity index (χ3n) is 5.64. The quantitative estimate of drug-likeness (QED) is 0.840. The predicted octanol–water partition coefficient (Wildman–Crippen LogP) is 3.62. The van der Waals surface area contributed by atoms with Crippen molar-refractivity contribution in [3.05, 3.63) is 42.0 Å². The van der Waals surface area contributed by atoms with Crippen LogP contribution in [0, 0.1) is 17.8 Å². The van der Waals surface area contributed by atoms with Crippen LogP contribution in [0.15, 0.2) is 30.3 Å². The van der Waals surface area contributed by atoms with Crippen molar-refractivity contribution in [3.8, 4) is 5.69 Å². The van der Waals surface area contributed by atoms with E-state index in [0.29, 0.717) is 17.3 Å². The van der Waals surface area contributed by atoms with Gasteiger partial charge < -0.3 is 4.90 Å². The van der Waals surface area contributed by atoms with Gasteiger partial charge in [-0.3, -0.25) is 4.79 Å². The molecule has 2 bridgehead atoms. The fourth-order valence-corrected chi connectivity index (χ4v) is 5.12. The van der Waals surface area contributed by atoms with Gasteiger partial charge in [-0.25, -0.2) is 9.67 Å². The van der Waals surface area contributed by atoms with E-state index < -0.39 is 0 Å². The molecule has 1 aliphatic heterocycles. The van der Waals surface area contributed by atoms with E-state index in [1.165, 1.54) is 6.42 Å². The number of carbonyl (C=O) groups excluding carboxylic acids is 1. The minimum absolute atomic E-state index is 0.0239. The van der Waals surface area contributed by atoms with E-state index >= 15 is 0 Å². The van der Waals surface area contributed by atoms with Crippen molar-refractivity contribution >= 4 is 5.91 Å². The number of amides is 1. The summed E-state index contributed by atoms with van der Waals surface area (Å²) < 4.78 is 1.75. The highest BCUT2D eigenvalue weighted by Crippen LogP contribution is 2.52. The first-order valence-corrected chi connectivity index (χ1v) is 9.07. The van der Waals surface area contributed by atoms with Crippen LogP contribution < -0.4 is 0 Å². The van der Waals surface area contributed by atoms with Crippen LogP contribution in [-0.2, 0) is 0 Å². The van der Waals surface area contributed by atoms with Gasteiger partial charge in [0.1, 0.15) is 5.82 Å². The van der Waals surface area contributed by atoms with Gasteiger partial charge in [-0.05, 0) is 49.1 Å². The van der Waals surface area contributed by atoms with E-state index in [2.05, 4.69) is 30.9 Å². The standard InChI is InChI=1S/C20H26N4O/c1-14-21-17(22-24(14)15-8-6-5-7-9-15)18(25)23-13-20(4)11-16(23)10-19(2,3)12-20/h5-9,16H,10-13H2,1-4H3. The average Bonchev–Trinajstić information content (AvgIpc) is 3.04. The maximum absolute atomic E-state index is 13.1. The summed E-state index contributed by atoms with van der Waals surface area (Å²) in [4.78, 5) is 19.6. The number of benzene rings is 1. The summed E-state index contributed by atoms with van der Waals surface area (Å²) in [6.45, 7) is 9.66. The molecule has 2 aromatic rings. The molecule has 2 aliphatic rings. The van der Waals surface area contributed by atoms with Crippen molar-refractivity contribution in [1.82, 2.24) is 19.7 Å². The van der Waals surface area contributed by atoms with E-state index in [-0.39, 0.29) is 11.3 Å². The molecule has 2 unspecified atom stereocenters. The first kappa shape index (κ1) is 16.3. The second-order valence-corrected chi connectivity index (χ2v) is 8.88. The number of para-hydroxylation sites is 1. The lowest BCUT2D eigenvalue weighted by molar-refractivity contribution is 0.0696. The Morgan fingerprint density at radius 3 is 2.60 bits per heavy atom. The molecule has 0 N–H and O–H groups in total. The fourth-order valence-electron chi connectivity index (χ4n) is 5.12. The first-order valence-electron chi connectivity index (χ1n) is 9.07. The zero-order chi connectivity index (χ0) is 17.8. The van der Waals surface area contributed by atoms with Crippen LogP contribution in [0.4, 0.5) is 0 Å². The Bertz CT molecular complexity index is 810. The molecule has 2 fully saturated rings. The molecule has 25 heavy (non-hydrogen) atoms. The Labute approximate surface area is 149 Å². The smallest absolute Gasteiger partial charge is 0.293 e. The maximum atomic E-state index is 13.1. The van der Waals surface area contributed by atoms with E-state index in [1.54, 1.807) is 4.68 Å². The number of hydrogen-bond acceptors (Lipinski definition) is 3. The van der Waals surface area contributed by atoms with Gasteiger partial charge in [-0.2, -0.15) is 0 Å². The van der Waals surface area contributed by atoms with Crippen LogP contribution in [0.1, 0.15) is 56.5 Å². The molecule has 132 valence electrons. The minimum atomic E-state index is -0.0239. The van der Waals surface area contributed by atoms with Gasteiger partial charge >= 0.3 is 0 Å². The molecule has 5 nitrogen and oxygen atoms in total. The summed E-state index contributed by atoms with van der Waals surface area (Å²) in [7, 11) is 0. The molecular weight excluding hydrogens is 312 g/mol. The number of likely N-dealkylation sites (tertiary alicyclic amines) is 1. The van der Waals surface area contributed by atoms with Crippen molar-refractivity contribution in [1.29, 1.82) is 0 Å². The van der Waals surface area contributed by atoms with Gasteiger partial charge in [-0.1, -0.05) is 39.0 Å². The van der Waals surface area contributed by atoms with Gasteiger partial charge in [0.25, 0.3) is 5.91 Å². The maximum Gasteiger partial charge on any atom is 0.293 e. The highest BCUT2D eigenvalue weighted by Gasteiger charge is 2.51. The lowest BCUT2D eigenvalue weighted by atomic mass is 9.65. The zero-order valence-corrected chi connectivity index (χ0v) is 15.5. The molecule has 1 aromatic carbocycles. The summed E-state index contributed by atoms with van der Waals surface area (Å²) in [5.41, 5.74) is 1.44. The fraction of sp³-hybridized carbons (Fsp3) is 0.550. The molecule has 2 atom stereocenters. The highest BCUT2D eigenvalue weighted by molar-refractivity contribution is 5.91. The Kier molecular flexibility index (Phi) is 3.53. The van der Waals surface area contributed by atoms with Gasteiger partial charge in [-0.15, -0.1) is 5.10 Å². The molecule has 1 amide bonds. The lowest BCUT2D eigenvalue weighted by Crippen LogP contribution is -2.38. The van der Waals surface area contributed by atoms with Gasteiger partial charge in [0, 0.05) is 12.6 Å². The predicted molar refractivity (Wildman–Crippen MR) is 96.7 cm³/mol. The second-order valence-electron chi connectivity index (χ2n) is 8.88. The number of carbonyl (C=O) groups is 1. The van der Waals surface area contributed by atoms with Crippen LogP contribution in [-0.4, -0.2) is 38.2 Å². The van der Waals surface area contributed by atoms with Gasteiger partial charge in [0.05, 0.1) is 5.69 Å². The van der Waals surface area contributed by atoms with E-state index in [4.69, 9.17) is 0 Å². The van der Waals surface area contributed by atoms with E-state index in [0.717, 1.165) is 30.9 Å². The highest BCUT2D eigenvalue weighted by atomic mass is 16.2. The summed E-state index contributed by atoms with van der Waals surface area (Å²) in [5, 5.41) is 4.51. The van der Waals surface area contributed by atoms with Gasteiger partial charge in [0.2, 0.25) is 5.82 Å². The number of hydrogen-bond donors (Lipinski definition) is 0. The average molecular weight is 338 g/mol. The van der Waals surface area contributed by atoms with Crippen LogP contribution in [0.2, 0.25) is 0 Å². The molecule has 0 radical (unpaired) electrons. The summed E-state index contributed by atoms with van der Waals surface area (Å²) in [6.07, 6.45) is 3.33. The van der Waals surface area contributed by atoms with Crippen molar-refractivity contribution in [2.24, 2.45) is 10.8 Å². The number of fused-ring (bicyclic) bond motifs is 2. The number of aromatic nitrogens is 3. The largest absolute Gasteiger partial charge is 0.332 e. The zero-order valence-electron chi connectivity index (χ0n) is 15.5. The molecule has 2 heterocycles. The molecule has 1 aromatic heterocycles. The van der Waals surface area contributed by atoms with E-state index in [9.17, 15) is 4.79 Å². The Morgan fingerprint density at radius 1 is 1.16 bits per heavy atom. The Balaban J connectivity index is 1.62. The molecule has 1 saturated heterocycles. The Hall–Kier alpha value is -2.17. The van der Waals surface area contributed by atoms with Crippen LogP contribution in [0.3, 0.4) is 0 Å². The lowest BCUT2D eigenvalue weighted by Gasteiger charge is -2.39. The molecule has 0 spiro atoms. The molecular formula is C20H26N4O. The molecule has 5 heteroatoms. The van der Waals surface area contributed by atoms with Gasteiger partial charge in [0.15, 0.2) is 0 Å². The van der Waals surface area contributed by atoms with Crippen LogP contribution in [0.25, 0.3) is 5.69 Å². The van der Waals surface area contributed by atoms with Crippen molar-refractivity contribution < 1.29 is 4.79 Å². The van der Waals surface area contributed by atoms with Crippen molar-refractivity contribution in [2.45, 2.75) is 53.0 Å². The number of aryl methyl sites for hydroxylation is 1. The minimum Gasteiger partial charge on any atom is -0.332 e. The third-order valence-corrected chi connectivity index (χ3v) is 5.64. The Morgan fingerprint density at radius 2 is 1.88 bits per heavy atom. The normalized spacial score (nSPS) is 27.5. The first-order chi connectivity index (χ1) is 11.8. The molecule has 1 saturated carbocycles. The summed E-state index contributed by atoms with van der Waals surface area (Å²) in [5.74, 6) is 1.03. The SMILES string of the molecule is Cc1nc(C(=O)N2CC3(C)CC2CC(C)(C)C3)nn1-c1ccccc1. The van der Waals surface area contributed by atoms with Crippen molar-refractivity contribution in [3.63, 3.8) is 0 Å². The number of nitrogens with zero attached hydrogens (tertiary/aromatic N) is 4.